The van der Waals surface area contributed by atoms with Crippen LogP contribution in [0.5, 0.6) is 0 Å². The van der Waals surface area contributed by atoms with E-state index in [-0.39, 0.29) is 25.0 Å². The number of nitrogens with zero attached hydrogens (tertiary/aromatic N) is 2. The summed E-state index contributed by atoms with van der Waals surface area (Å²) in [5.41, 5.74) is 3.25. The Morgan fingerprint density at radius 3 is 2.62 bits per heavy atom. The van der Waals surface area contributed by atoms with Crippen LogP contribution in [0.1, 0.15) is 63.2 Å². The zero-order valence-electron chi connectivity index (χ0n) is 21.5. The number of imide groups is 1. The molecule has 0 saturated carbocycles. The second-order valence-corrected chi connectivity index (χ2v) is 9.77. The third-order valence-electron chi connectivity index (χ3n) is 7.54. The van der Waals surface area contributed by atoms with Crippen LogP contribution in [0.4, 0.5) is 0 Å². The Morgan fingerprint density at radius 2 is 2.00 bits per heavy atom. The molecule has 3 N–H and O–H groups in total. The topological polar surface area (TPSA) is 124 Å². The number of rotatable bonds is 11. The van der Waals surface area contributed by atoms with Gasteiger partial charge in [0.1, 0.15) is 18.1 Å². The lowest BCUT2D eigenvalue weighted by molar-refractivity contribution is -0.140. The molecule has 3 heterocycles. The smallest absolute Gasteiger partial charge is 0.233 e. The van der Waals surface area contributed by atoms with E-state index in [1.165, 1.54) is 4.90 Å². The number of hydrogen-bond donors (Lipinski definition) is 3. The molecule has 1 aliphatic heterocycles. The van der Waals surface area contributed by atoms with E-state index in [2.05, 4.69) is 4.98 Å². The van der Waals surface area contributed by atoms with Crippen LogP contribution in [-0.4, -0.2) is 56.3 Å². The molecule has 2 aromatic heterocycles. The number of furan rings is 1. The number of carbonyl (C=O) groups is 2. The van der Waals surface area contributed by atoms with Crippen molar-refractivity contribution in [3.8, 4) is 0 Å². The Bertz CT molecular complexity index is 1170. The number of carbonyl (C=O) groups excluding carboxylic acids is 2. The van der Waals surface area contributed by atoms with Crippen LogP contribution in [0.3, 0.4) is 0 Å². The number of pyridine rings is 1. The SMILES string of the molecule is CCCN1C(=O)[C@@H]2[C@@H](CC(CC)=C([C@H](O)CC/C(=C/c3ccc(CO)o3)c3ccccn3)[C@@H]2CO)C1=O. The van der Waals surface area contributed by atoms with Gasteiger partial charge in [0, 0.05) is 18.7 Å². The van der Waals surface area contributed by atoms with E-state index < -0.39 is 23.9 Å². The number of hydrogen-bond acceptors (Lipinski definition) is 7. The molecule has 1 aliphatic carbocycles. The lowest BCUT2D eigenvalue weighted by Crippen LogP contribution is -2.39. The molecule has 2 amide bonds. The molecule has 0 aromatic carbocycles. The maximum Gasteiger partial charge on any atom is 0.233 e. The summed E-state index contributed by atoms with van der Waals surface area (Å²) in [6, 6.07) is 9.09. The second kappa shape index (κ2) is 12.0. The van der Waals surface area contributed by atoms with Crippen molar-refractivity contribution in [2.24, 2.45) is 17.8 Å². The molecule has 1 saturated heterocycles. The molecule has 0 radical (unpaired) electrons. The van der Waals surface area contributed by atoms with Gasteiger partial charge in [-0.1, -0.05) is 25.5 Å². The zero-order valence-corrected chi connectivity index (χ0v) is 21.5. The van der Waals surface area contributed by atoms with Gasteiger partial charge in [0.15, 0.2) is 0 Å². The fourth-order valence-corrected chi connectivity index (χ4v) is 5.81. The van der Waals surface area contributed by atoms with E-state index in [1.807, 2.05) is 38.1 Å². The van der Waals surface area contributed by atoms with Crippen LogP contribution in [-0.2, 0) is 16.2 Å². The van der Waals surface area contributed by atoms with E-state index >= 15 is 0 Å². The number of amides is 2. The van der Waals surface area contributed by atoms with Gasteiger partial charge in [-0.15, -0.1) is 0 Å². The summed E-state index contributed by atoms with van der Waals surface area (Å²) >= 11 is 0. The average Bonchev–Trinajstić information content (AvgIpc) is 3.48. The van der Waals surface area contributed by atoms with Crippen LogP contribution in [0.25, 0.3) is 11.6 Å². The Labute approximate surface area is 217 Å². The fourth-order valence-electron chi connectivity index (χ4n) is 5.81. The van der Waals surface area contributed by atoms with Crippen LogP contribution in [0, 0.1) is 17.8 Å². The van der Waals surface area contributed by atoms with E-state index in [9.17, 15) is 24.9 Å². The monoisotopic (exact) mass is 508 g/mol. The molecule has 4 rings (SSSR count). The van der Waals surface area contributed by atoms with E-state index in [1.54, 1.807) is 18.3 Å². The number of fused-ring (bicyclic) bond motifs is 1. The van der Waals surface area contributed by atoms with Crippen molar-refractivity contribution in [1.82, 2.24) is 9.88 Å². The first-order valence-corrected chi connectivity index (χ1v) is 13.1. The van der Waals surface area contributed by atoms with Gasteiger partial charge >= 0.3 is 0 Å². The minimum Gasteiger partial charge on any atom is -0.459 e. The Balaban J connectivity index is 1.60. The lowest BCUT2D eigenvalue weighted by Gasteiger charge is -2.36. The number of allylic oxidation sites excluding steroid dienone is 2. The van der Waals surface area contributed by atoms with Crippen molar-refractivity contribution in [3.05, 3.63) is 64.9 Å². The summed E-state index contributed by atoms with van der Waals surface area (Å²) in [6.07, 6.45) is 5.25. The summed E-state index contributed by atoms with van der Waals surface area (Å²) in [7, 11) is 0. The van der Waals surface area contributed by atoms with Gasteiger partial charge in [-0.25, -0.2) is 0 Å². The number of aliphatic hydroxyl groups excluding tert-OH is 3. The molecule has 2 aliphatic rings. The highest BCUT2D eigenvalue weighted by atomic mass is 16.4. The van der Waals surface area contributed by atoms with Crippen molar-refractivity contribution < 1.29 is 29.3 Å². The average molecular weight is 509 g/mol. The predicted octanol–water partition coefficient (Wildman–Crippen LogP) is 3.58. The van der Waals surface area contributed by atoms with E-state index in [4.69, 9.17) is 4.42 Å². The molecule has 198 valence electrons. The van der Waals surface area contributed by atoms with Crippen LogP contribution < -0.4 is 0 Å². The summed E-state index contributed by atoms with van der Waals surface area (Å²) < 4.78 is 5.64. The summed E-state index contributed by atoms with van der Waals surface area (Å²) in [4.78, 5) is 32.0. The van der Waals surface area contributed by atoms with Crippen molar-refractivity contribution >= 4 is 23.5 Å². The molecule has 2 aromatic rings. The second-order valence-electron chi connectivity index (χ2n) is 9.77. The zero-order chi connectivity index (χ0) is 26.5. The Hall–Kier alpha value is -3.07. The highest BCUT2D eigenvalue weighted by molar-refractivity contribution is 6.05. The molecule has 0 spiro atoms. The van der Waals surface area contributed by atoms with Crippen LogP contribution >= 0.6 is 0 Å². The quantitative estimate of drug-likeness (QED) is 0.313. The third kappa shape index (κ3) is 5.46. The van der Waals surface area contributed by atoms with Crippen molar-refractivity contribution in [2.45, 2.75) is 58.7 Å². The van der Waals surface area contributed by atoms with Crippen molar-refractivity contribution in [3.63, 3.8) is 0 Å². The summed E-state index contributed by atoms with van der Waals surface area (Å²) in [6.45, 7) is 3.80. The molecule has 0 bridgehead atoms. The number of likely N-dealkylation sites (tertiary alicyclic amines) is 1. The highest BCUT2D eigenvalue weighted by Gasteiger charge is 2.54. The molecular weight excluding hydrogens is 472 g/mol. The largest absolute Gasteiger partial charge is 0.459 e. The van der Waals surface area contributed by atoms with Gasteiger partial charge in [-0.3, -0.25) is 19.5 Å². The van der Waals surface area contributed by atoms with Gasteiger partial charge in [0.25, 0.3) is 0 Å². The van der Waals surface area contributed by atoms with Gasteiger partial charge in [-0.05, 0) is 73.6 Å². The first-order valence-electron chi connectivity index (χ1n) is 13.1. The summed E-state index contributed by atoms with van der Waals surface area (Å²) in [5, 5.41) is 31.2. The molecule has 8 heteroatoms. The van der Waals surface area contributed by atoms with Crippen molar-refractivity contribution in [1.29, 1.82) is 0 Å². The summed E-state index contributed by atoms with van der Waals surface area (Å²) in [5.74, 6) is -1.03. The van der Waals surface area contributed by atoms with Crippen LogP contribution in [0.15, 0.2) is 52.1 Å². The van der Waals surface area contributed by atoms with E-state index in [0.717, 1.165) is 16.8 Å². The first-order chi connectivity index (χ1) is 17.9. The molecular formula is C29H36N2O6. The van der Waals surface area contributed by atoms with Gasteiger partial charge in [-0.2, -0.15) is 0 Å². The Morgan fingerprint density at radius 1 is 1.19 bits per heavy atom. The van der Waals surface area contributed by atoms with Gasteiger partial charge in [0.05, 0.1) is 30.2 Å². The molecule has 0 unspecified atom stereocenters. The van der Waals surface area contributed by atoms with E-state index in [0.29, 0.717) is 55.7 Å². The number of aliphatic hydroxyl groups is 3. The molecule has 8 nitrogen and oxygen atoms in total. The first kappa shape index (κ1) is 27.0. The molecule has 37 heavy (non-hydrogen) atoms. The maximum absolute atomic E-state index is 13.2. The highest BCUT2D eigenvalue weighted by Crippen LogP contribution is 2.47. The Kier molecular flexibility index (Phi) is 8.74. The molecule has 4 atom stereocenters. The standard InChI is InChI=1S/C29H36N2O6/c1-3-13-31-28(35)22-15-18(4-2)26(23(17-33)27(22)29(31)36)25(34)11-8-19(24-7-5-6-12-30-24)14-20-9-10-21(16-32)37-20/h5-7,9-10,12,14,22-23,25,27,32-34H,3-4,8,11,13,15-17H2,1-2H3/b19-14-/t22-,23+,25-,27-/m1/s1. The number of aromatic nitrogens is 1. The lowest BCUT2D eigenvalue weighted by atomic mass is 9.67. The minimum absolute atomic E-state index is 0.157. The minimum atomic E-state index is -0.882. The third-order valence-corrected chi connectivity index (χ3v) is 7.54. The fraction of sp³-hybridized carbons (Fsp3) is 0.483. The van der Waals surface area contributed by atoms with Crippen LogP contribution in [0.2, 0.25) is 0 Å². The van der Waals surface area contributed by atoms with Gasteiger partial charge in [0.2, 0.25) is 11.8 Å². The normalized spacial score (nSPS) is 23.1. The van der Waals surface area contributed by atoms with Gasteiger partial charge < -0.3 is 19.7 Å². The maximum atomic E-state index is 13.2. The predicted molar refractivity (Wildman–Crippen MR) is 138 cm³/mol. The molecule has 1 fully saturated rings. The van der Waals surface area contributed by atoms with Crippen molar-refractivity contribution in [2.75, 3.05) is 13.2 Å².